The molecule has 0 aliphatic carbocycles. The second-order valence-corrected chi connectivity index (χ2v) is 7.10. The van der Waals surface area contributed by atoms with Crippen LogP contribution in [0.5, 0.6) is 0 Å². The molecule has 0 radical (unpaired) electrons. The van der Waals surface area contributed by atoms with Crippen molar-refractivity contribution in [3.05, 3.63) is 59.1 Å². The summed E-state index contributed by atoms with van der Waals surface area (Å²) in [5.41, 5.74) is 1.25. The number of nitrogens with zero attached hydrogens (tertiary/aromatic N) is 3. The van der Waals surface area contributed by atoms with Crippen LogP contribution >= 0.6 is 23.4 Å². The topological polar surface area (TPSA) is 97.1 Å². The van der Waals surface area contributed by atoms with Crippen LogP contribution in [0.1, 0.15) is 17.3 Å². The summed E-state index contributed by atoms with van der Waals surface area (Å²) < 4.78 is 1.94. The molecule has 3 aromatic rings. The van der Waals surface area contributed by atoms with Crippen molar-refractivity contribution in [2.75, 3.05) is 11.1 Å². The van der Waals surface area contributed by atoms with Crippen molar-refractivity contribution in [2.24, 2.45) is 0 Å². The van der Waals surface area contributed by atoms with Crippen LogP contribution in [-0.2, 0) is 11.3 Å². The Morgan fingerprint density at radius 3 is 2.61 bits per heavy atom. The highest BCUT2D eigenvalue weighted by Crippen LogP contribution is 2.26. The molecule has 0 aliphatic rings. The molecule has 0 unspecified atom stereocenters. The van der Waals surface area contributed by atoms with Crippen LogP contribution in [0, 0.1) is 0 Å². The number of aromatic nitrogens is 3. The van der Waals surface area contributed by atoms with E-state index in [1.807, 2.05) is 41.8 Å². The van der Waals surface area contributed by atoms with Crippen molar-refractivity contribution in [3.8, 4) is 11.4 Å². The zero-order chi connectivity index (χ0) is 20.1. The molecule has 2 aromatic carbocycles. The predicted molar refractivity (Wildman–Crippen MR) is 109 cm³/mol. The van der Waals surface area contributed by atoms with Crippen LogP contribution in [0.25, 0.3) is 11.4 Å². The molecule has 0 saturated carbocycles. The minimum Gasteiger partial charge on any atom is -0.478 e. The molecular weight excluding hydrogens is 400 g/mol. The van der Waals surface area contributed by atoms with Gasteiger partial charge in [-0.25, -0.2) is 4.79 Å². The first-order valence-electron chi connectivity index (χ1n) is 8.43. The van der Waals surface area contributed by atoms with E-state index in [-0.39, 0.29) is 27.9 Å². The molecule has 3 rings (SSSR count). The molecule has 28 heavy (non-hydrogen) atoms. The van der Waals surface area contributed by atoms with Gasteiger partial charge in [0.25, 0.3) is 0 Å². The van der Waals surface area contributed by atoms with Crippen molar-refractivity contribution in [2.45, 2.75) is 18.6 Å². The number of carbonyl (C=O) groups is 2. The molecule has 9 heteroatoms. The van der Waals surface area contributed by atoms with Crippen LogP contribution in [0.4, 0.5) is 5.69 Å². The van der Waals surface area contributed by atoms with E-state index in [4.69, 9.17) is 16.7 Å². The molecule has 144 valence electrons. The van der Waals surface area contributed by atoms with Crippen molar-refractivity contribution in [3.63, 3.8) is 0 Å². The average Bonchev–Trinajstić information content (AvgIpc) is 3.11. The first kappa shape index (κ1) is 19.9. The van der Waals surface area contributed by atoms with Crippen LogP contribution in [0.3, 0.4) is 0 Å². The molecule has 1 amide bonds. The third kappa shape index (κ3) is 4.52. The fourth-order valence-corrected chi connectivity index (χ4v) is 3.52. The van der Waals surface area contributed by atoms with Crippen LogP contribution in [0.15, 0.2) is 53.7 Å². The largest absolute Gasteiger partial charge is 0.478 e. The summed E-state index contributed by atoms with van der Waals surface area (Å²) in [6.45, 7) is 2.64. The average molecular weight is 417 g/mol. The lowest BCUT2D eigenvalue weighted by molar-refractivity contribution is -0.113. The Morgan fingerprint density at radius 1 is 1.18 bits per heavy atom. The smallest absolute Gasteiger partial charge is 0.335 e. The van der Waals surface area contributed by atoms with Gasteiger partial charge in [-0.1, -0.05) is 53.7 Å². The molecule has 0 aliphatic heterocycles. The van der Waals surface area contributed by atoms with Gasteiger partial charge < -0.3 is 15.0 Å². The number of carbonyl (C=O) groups excluding carboxylic acids is 1. The number of aromatic carboxylic acids is 1. The third-order valence-corrected chi connectivity index (χ3v) is 5.18. The number of nitrogens with one attached hydrogen (secondary N) is 1. The Kier molecular flexibility index (Phi) is 6.33. The Balaban J connectivity index is 1.70. The Morgan fingerprint density at radius 2 is 1.93 bits per heavy atom. The van der Waals surface area contributed by atoms with Gasteiger partial charge >= 0.3 is 5.97 Å². The molecule has 2 N–H and O–H groups in total. The van der Waals surface area contributed by atoms with Crippen molar-refractivity contribution in [1.82, 2.24) is 14.8 Å². The lowest BCUT2D eigenvalue weighted by Crippen LogP contribution is -2.15. The van der Waals surface area contributed by atoms with E-state index in [0.29, 0.717) is 11.7 Å². The number of benzene rings is 2. The highest BCUT2D eigenvalue weighted by molar-refractivity contribution is 7.99. The number of rotatable bonds is 7. The monoisotopic (exact) mass is 416 g/mol. The van der Waals surface area contributed by atoms with Gasteiger partial charge in [0.05, 0.1) is 22.0 Å². The molecule has 1 heterocycles. The zero-order valence-corrected chi connectivity index (χ0v) is 16.5. The van der Waals surface area contributed by atoms with E-state index in [1.165, 1.54) is 30.0 Å². The Bertz CT molecular complexity index is 1010. The number of amides is 1. The first-order chi connectivity index (χ1) is 13.5. The SMILES string of the molecule is CCn1c(SCC(=O)Nc2cc(C(=O)O)ccc2Cl)nnc1-c1ccccc1. The summed E-state index contributed by atoms with van der Waals surface area (Å²) in [7, 11) is 0. The maximum atomic E-state index is 12.3. The van der Waals surface area contributed by atoms with Crippen molar-refractivity contribution < 1.29 is 14.7 Å². The maximum absolute atomic E-state index is 12.3. The summed E-state index contributed by atoms with van der Waals surface area (Å²) in [6.07, 6.45) is 0. The first-order valence-corrected chi connectivity index (χ1v) is 9.80. The van der Waals surface area contributed by atoms with Gasteiger partial charge in [0.15, 0.2) is 11.0 Å². The quantitative estimate of drug-likeness (QED) is 0.564. The number of thioether (sulfide) groups is 1. The third-order valence-electron chi connectivity index (χ3n) is 3.88. The van der Waals surface area contributed by atoms with Crippen LogP contribution in [-0.4, -0.2) is 37.5 Å². The van der Waals surface area contributed by atoms with Gasteiger partial charge in [-0.05, 0) is 25.1 Å². The highest BCUT2D eigenvalue weighted by Gasteiger charge is 2.15. The van der Waals surface area contributed by atoms with Crippen LogP contribution < -0.4 is 5.32 Å². The van der Waals surface area contributed by atoms with Gasteiger partial charge in [-0.2, -0.15) is 0 Å². The number of carboxylic acids is 1. The second kappa shape index (κ2) is 8.90. The summed E-state index contributed by atoms with van der Waals surface area (Å²) in [5, 5.41) is 21.0. The lowest BCUT2D eigenvalue weighted by Gasteiger charge is -2.09. The highest BCUT2D eigenvalue weighted by atomic mass is 35.5. The minimum absolute atomic E-state index is 0.0468. The fourth-order valence-electron chi connectivity index (χ4n) is 2.55. The molecule has 0 fully saturated rings. The Hall–Kier alpha value is -2.84. The van der Waals surface area contributed by atoms with E-state index in [0.717, 1.165) is 11.4 Å². The molecule has 7 nitrogen and oxygen atoms in total. The summed E-state index contributed by atoms with van der Waals surface area (Å²) in [5.74, 6) is -0.587. The predicted octanol–water partition coefficient (Wildman–Crippen LogP) is 4.05. The fraction of sp³-hybridized carbons (Fsp3) is 0.158. The molecule has 0 bridgehead atoms. The minimum atomic E-state index is -1.09. The van der Waals surface area contributed by atoms with E-state index in [2.05, 4.69) is 15.5 Å². The maximum Gasteiger partial charge on any atom is 0.335 e. The molecule has 0 atom stereocenters. The normalized spacial score (nSPS) is 10.6. The van der Waals surface area contributed by atoms with Gasteiger partial charge in [0.2, 0.25) is 5.91 Å². The van der Waals surface area contributed by atoms with Gasteiger partial charge in [-0.3, -0.25) is 4.79 Å². The number of halogens is 1. The summed E-state index contributed by atoms with van der Waals surface area (Å²) in [4.78, 5) is 23.4. The van der Waals surface area contributed by atoms with Crippen LogP contribution in [0.2, 0.25) is 5.02 Å². The summed E-state index contributed by atoms with van der Waals surface area (Å²) in [6, 6.07) is 13.8. The molecular formula is C19H17ClN4O3S. The van der Waals surface area contributed by atoms with E-state index in [1.54, 1.807) is 0 Å². The van der Waals surface area contributed by atoms with E-state index < -0.39 is 5.97 Å². The number of hydrogen-bond donors (Lipinski definition) is 2. The van der Waals surface area contributed by atoms with E-state index >= 15 is 0 Å². The number of anilines is 1. The molecule has 0 spiro atoms. The van der Waals surface area contributed by atoms with Gasteiger partial charge in [0, 0.05) is 12.1 Å². The number of carboxylic acid groups (broad SMARTS) is 1. The Labute approximate surface area is 170 Å². The van der Waals surface area contributed by atoms with Crippen molar-refractivity contribution in [1.29, 1.82) is 0 Å². The zero-order valence-electron chi connectivity index (χ0n) is 14.9. The lowest BCUT2D eigenvalue weighted by atomic mass is 10.2. The summed E-state index contributed by atoms with van der Waals surface area (Å²) >= 11 is 7.29. The van der Waals surface area contributed by atoms with Gasteiger partial charge in [-0.15, -0.1) is 10.2 Å². The van der Waals surface area contributed by atoms with Gasteiger partial charge in [0.1, 0.15) is 0 Å². The van der Waals surface area contributed by atoms with E-state index in [9.17, 15) is 9.59 Å². The second-order valence-electron chi connectivity index (χ2n) is 5.75. The number of hydrogen-bond acceptors (Lipinski definition) is 5. The van der Waals surface area contributed by atoms with Crippen molar-refractivity contribution >= 4 is 40.9 Å². The molecule has 0 saturated heterocycles. The standard InChI is InChI=1S/C19H17ClN4O3S/c1-2-24-17(12-6-4-3-5-7-12)22-23-19(24)28-11-16(25)21-15-10-13(18(26)27)8-9-14(15)20/h3-10H,2,11H2,1H3,(H,21,25)(H,26,27). The molecule has 1 aromatic heterocycles.